The minimum absolute atomic E-state index is 0.0983. The van der Waals surface area contributed by atoms with Gasteiger partial charge in [0.2, 0.25) is 5.91 Å². The van der Waals surface area contributed by atoms with Crippen LogP contribution in [0, 0.1) is 0 Å². The largest absolute Gasteiger partial charge is 0.376 e. The molecule has 0 saturated carbocycles. The summed E-state index contributed by atoms with van der Waals surface area (Å²) in [5.41, 5.74) is 3.07. The fourth-order valence-electron chi connectivity index (χ4n) is 3.02. The van der Waals surface area contributed by atoms with Gasteiger partial charge in [-0.1, -0.05) is 12.1 Å². The lowest BCUT2D eigenvalue weighted by atomic mass is 10.1. The highest BCUT2D eigenvalue weighted by atomic mass is 32.2. The Morgan fingerprint density at radius 3 is 2.74 bits per heavy atom. The summed E-state index contributed by atoms with van der Waals surface area (Å²) in [5, 5.41) is 6.78. The van der Waals surface area contributed by atoms with Crippen molar-refractivity contribution in [1.29, 1.82) is 0 Å². The van der Waals surface area contributed by atoms with Crippen LogP contribution in [-0.2, 0) is 45.4 Å². The number of rotatable bonds is 7. The number of nitrogens with zero attached hydrogens (tertiary/aromatic N) is 2. The molecule has 0 aliphatic carbocycles. The van der Waals surface area contributed by atoms with Gasteiger partial charge in [-0.15, -0.1) is 0 Å². The van der Waals surface area contributed by atoms with E-state index in [1.54, 1.807) is 38.1 Å². The summed E-state index contributed by atoms with van der Waals surface area (Å²) in [4.78, 5) is 12.4. The Kier molecular flexibility index (Phi) is 5.96. The molecule has 0 spiro atoms. The zero-order chi connectivity index (χ0) is 19.4. The third-order valence-corrected chi connectivity index (χ3v) is 6.83. The van der Waals surface area contributed by atoms with Crippen molar-refractivity contribution in [1.82, 2.24) is 15.1 Å². The normalized spacial score (nSPS) is 14.2. The minimum Gasteiger partial charge on any atom is -0.376 e. The van der Waals surface area contributed by atoms with Crippen molar-refractivity contribution in [3.05, 3.63) is 47.3 Å². The summed E-state index contributed by atoms with van der Waals surface area (Å²) in [5.74, 6) is -0.0983. The summed E-state index contributed by atoms with van der Waals surface area (Å²) in [6.07, 6.45) is 2.88. The molecule has 0 unspecified atom stereocenters. The lowest BCUT2D eigenvalue weighted by Crippen LogP contribution is -2.29. The van der Waals surface area contributed by atoms with Gasteiger partial charge in [-0.25, -0.2) is 8.42 Å². The Hall–Kier alpha value is -2.19. The van der Waals surface area contributed by atoms with Crippen LogP contribution in [0.4, 0.5) is 0 Å². The molecule has 0 saturated heterocycles. The summed E-state index contributed by atoms with van der Waals surface area (Å²) in [6.45, 7) is 5.72. The van der Waals surface area contributed by atoms with E-state index in [0.717, 1.165) is 17.5 Å². The molecule has 2 heterocycles. The smallest absolute Gasteiger partial charge is 0.224 e. The Balaban J connectivity index is 1.50. The molecule has 1 aromatic carbocycles. The Bertz CT molecular complexity index is 902. The average molecular weight is 391 g/mol. The quantitative estimate of drug-likeness (QED) is 0.772. The molecular weight excluding hydrogens is 366 g/mol. The van der Waals surface area contributed by atoms with E-state index < -0.39 is 15.1 Å². The van der Waals surface area contributed by atoms with Crippen LogP contribution in [-0.4, -0.2) is 42.5 Å². The molecule has 1 aliphatic rings. The van der Waals surface area contributed by atoms with E-state index in [4.69, 9.17) is 4.74 Å². The average Bonchev–Trinajstić information content (AvgIpc) is 3.05. The zero-order valence-electron chi connectivity index (χ0n) is 15.6. The zero-order valence-corrected chi connectivity index (χ0v) is 16.5. The second-order valence-corrected chi connectivity index (χ2v) is 9.41. The van der Waals surface area contributed by atoms with Gasteiger partial charge in [-0.3, -0.25) is 9.48 Å². The van der Waals surface area contributed by atoms with E-state index in [2.05, 4.69) is 10.4 Å². The summed E-state index contributed by atoms with van der Waals surface area (Å²) < 4.78 is 31.6. The van der Waals surface area contributed by atoms with Crippen LogP contribution in [0.3, 0.4) is 0 Å². The maximum absolute atomic E-state index is 12.1. The van der Waals surface area contributed by atoms with Crippen LogP contribution < -0.4 is 5.32 Å². The van der Waals surface area contributed by atoms with Crippen LogP contribution >= 0.6 is 0 Å². The molecule has 1 aromatic heterocycles. The maximum atomic E-state index is 12.1. The third kappa shape index (κ3) is 4.56. The number of hydrogen-bond donors (Lipinski definition) is 1. The molecule has 7 nitrogen and oxygen atoms in total. The van der Waals surface area contributed by atoms with E-state index in [1.165, 1.54) is 5.69 Å². The van der Waals surface area contributed by atoms with Crippen LogP contribution in [0.15, 0.2) is 35.4 Å². The number of nitrogens with one attached hydrogen (secondary N) is 1. The topological polar surface area (TPSA) is 90.3 Å². The summed E-state index contributed by atoms with van der Waals surface area (Å²) in [7, 11) is -3.29. The van der Waals surface area contributed by atoms with E-state index >= 15 is 0 Å². The molecule has 1 amide bonds. The SMILES string of the molecule is CC(C)S(=O)(=O)c1ccc(CC(=O)NCCn2ncc3c2CCOC3)cc1. The van der Waals surface area contributed by atoms with E-state index in [9.17, 15) is 13.2 Å². The fourth-order valence-corrected chi connectivity index (χ4v) is 4.08. The van der Waals surface area contributed by atoms with Gasteiger partial charge in [0, 0.05) is 24.2 Å². The number of ether oxygens (including phenoxy) is 1. The first-order valence-corrected chi connectivity index (χ1v) is 10.6. The Labute approximate surface area is 159 Å². The van der Waals surface area contributed by atoms with Crippen molar-refractivity contribution >= 4 is 15.7 Å². The highest BCUT2D eigenvalue weighted by Crippen LogP contribution is 2.17. The van der Waals surface area contributed by atoms with Crippen LogP contribution in [0.1, 0.15) is 30.7 Å². The number of benzene rings is 1. The molecule has 1 aliphatic heterocycles. The highest BCUT2D eigenvalue weighted by Gasteiger charge is 2.19. The monoisotopic (exact) mass is 391 g/mol. The maximum Gasteiger partial charge on any atom is 0.224 e. The van der Waals surface area contributed by atoms with Gasteiger partial charge in [-0.2, -0.15) is 5.10 Å². The molecule has 27 heavy (non-hydrogen) atoms. The standard InChI is InChI=1S/C19H25N3O4S/c1-14(2)27(24,25)17-5-3-15(4-6-17)11-19(23)20-8-9-22-18-7-10-26-13-16(18)12-21-22/h3-6,12,14H,7-11,13H2,1-2H3,(H,20,23). The number of carbonyl (C=O) groups is 1. The molecule has 3 rings (SSSR count). The number of sulfone groups is 1. The van der Waals surface area contributed by atoms with E-state index in [-0.39, 0.29) is 17.2 Å². The molecule has 1 N–H and O–H groups in total. The lowest BCUT2D eigenvalue weighted by molar-refractivity contribution is -0.120. The molecule has 2 aromatic rings. The first-order chi connectivity index (χ1) is 12.9. The van der Waals surface area contributed by atoms with Crippen molar-refractivity contribution in [2.45, 2.75) is 50.0 Å². The Morgan fingerprint density at radius 2 is 2.04 bits per heavy atom. The second kappa shape index (κ2) is 8.22. The van der Waals surface area contributed by atoms with Crippen LogP contribution in [0.5, 0.6) is 0 Å². The molecular formula is C19H25N3O4S. The van der Waals surface area contributed by atoms with Gasteiger partial charge in [0.15, 0.2) is 9.84 Å². The second-order valence-electron chi connectivity index (χ2n) is 6.91. The van der Waals surface area contributed by atoms with Gasteiger partial charge in [0.05, 0.1) is 42.5 Å². The van der Waals surface area contributed by atoms with Crippen molar-refractivity contribution < 1.29 is 17.9 Å². The van der Waals surface area contributed by atoms with Crippen molar-refractivity contribution in [2.24, 2.45) is 0 Å². The van der Waals surface area contributed by atoms with Crippen molar-refractivity contribution in [3.63, 3.8) is 0 Å². The number of fused-ring (bicyclic) bond motifs is 1. The van der Waals surface area contributed by atoms with Gasteiger partial charge < -0.3 is 10.1 Å². The Morgan fingerprint density at radius 1 is 1.30 bits per heavy atom. The van der Waals surface area contributed by atoms with E-state index in [0.29, 0.717) is 26.3 Å². The van der Waals surface area contributed by atoms with Gasteiger partial charge in [0.1, 0.15) is 0 Å². The van der Waals surface area contributed by atoms with Gasteiger partial charge in [-0.05, 0) is 31.5 Å². The predicted octanol–water partition coefficient (Wildman–Crippen LogP) is 1.50. The number of carbonyl (C=O) groups excluding carboxylic acids is 1. The minimum atomic E-state index is -3.29. The highest BCUT2D eigenvalue weighted by molar-refractivity contribution is 7.92. The molecule has 146 valence electrons. The van der Waals surface area contributed by atoms with Crippen molar-refractivity contribution in [3.8, 4) is 0 Å². The first kappa shape index (κ1) is 19.6. The third-order valence-electron chi connectivity index (χ3n) is 4.66. The van der Waals surface area contributed by atoms with E-state index in [1.807, 2.05) is 10.9 Å². The molecule has 0 fully saturated rings. The van der Waals surface area contributed by atoms with Crippen molar-refractivity contribution in [2.75, 3.05) is 13.2 Å². The molecule has 0 atom stereocenters. The van der Waals surface area contributed by atoms with Crippen LogP contribution in [0.25, 0.3) is 0 Å². The molecule has 0 bridgehead atoms. The summed E-state index contributed by atoms with van der Waals surface area (Å²) in [6, 6.07) is 6.52. The molecule has 8 heteroatoms. The number of aromatic nitrogens is 2. The molecule has 0 radical (unpaired) electrons. The number of amides is 1. The van der Waals surface area contributed by atoms with Crippen LogP contribution in [0.2, 0.25) is 0 Å². The summed E-state index contributed by atoms with van der Waals surface area (Å²) >= 11 is 0. The predicted molar refractivity (Wildman–Crippen MR) is 101 cm³/mol. The van der Waals surface area contributed by atoms with Gasteiger partial charge >= 0.3 is 0 Å². The first-order valence-electron chi connectivity index (χ1n) is 9.09. The fraction of sp³-hybridized carbons (Fsp3) is 0.474. The lowest BCUT2D eigenvalue weighted by Gasteiger charge is -2.14. The van der Waals surface area contributed by atoms with Gasteiger partial charge in [0.25, 0.3) is 0 Å². The number of hydrogen-bond acceptors (Lipinski definition) is 5.